The molecule has 5 nitrogen and oxygen atoms in total. The molecule has 0 heterocycles. The maximum atomic E-state index is 12.0. The minimum Gasteiger partial charge on any atom is -0.444 e. The number of nitrogens with one attached hydrogen (secondary N) is 2. The van der Waals surface area contributed by atoms with Gasteiger partial charge in [0.1, 0.15) is 5.60 Å². The maximum Gasteiger partial charge on any atom is 0.407 e. The summed E-state index contributed by atoms with van der Waals surface area (Å²) in [6.07, 6.45) is 6.31. The molecule has 0 aromatic carbocycles. The average molecular weight is 284 g/mol. The molecule has 0 aliphatic heterocycles. The van der Waals surface area contributed by atoms with Crippen LogP contribution in [0, 0.1) is 5.92 Å². The third-order valence-corrected chi connectivity index (χ3v) is 3.32. The van der Waals surface area contributed by atoms with Crippen molar-refractivity contribution in [3.63, 3.8) is 0 Å². The van der Waals surface area contributed by atoms with Crippen LogP contribution < -0.4 is 10.6 Å². The highest BCUT2D eigenvalue weighted by molar-refractivity contribution is 5.78. The smallest absolute Gasteiger partial charge is 0.407 e. The molecule has 0 radical (unpaired) electrons. The van der Waals surface area contributed by atoms with Crippen molar-refractivity contribution in [1.29, 1.82) is 0 Å². The van der Waals surface area contributed by atoms with Gasteiger partial charge in [0.2, 0.25) is 5.91 Å². The fraction of sp³-hybridized carbons (Fsp3) is 0.867. The molecule has 5 heteroatoms. The molecule has 1 fully saturated rings. The molecule has 2 amide bonds. The van der Waals surface area contributed by atoms with E-state index >= 15 is 0 Å². The lowest BCUT2D eigenvalue weighted by Crippen LogP contribution is -2.39. The van der Waals surface area contributed by atoms with Crippen LogP contribution >= 0.6 is 0 Å². The molecule has 0 bridgehead atoms. The molecule has 0 aromatic heterocycles. The van der Waals surface area contributed by atoms with E-state index in [1.54, 1.807) is 0 Å². The predicted octanol–water partition coefficient (Wildman–Crippen LogP) is 2.60. The summed E-state index contributed by atoms with van der Waals surface area (Å²) in [7, 11) is 0. The van der Waals surface area contributed by atoms with Crippen LogP contribution in [0.1, 0.15) is 59.3 Å². The van der Waals surface area contributed by atoms with Crippen molar-refractivity contribution in [3.05, 3.63) is 0 Å². The summed E-state index contributed by atoms with van der Waals surface area (Å²) >= 11 is 0. The summed E-state index contributed by atoms with van der Waals surface area (Å²) in [4.78, 5) is 23.4. The van der Waals surface area contributed by atoms with Gasteiger partial charge in [0.25, 0.3) is 0 Å². The number of carbonyl (C=O) groups is 2. The van der Waals surface area contributed by atoms with Gasteiger partial charge in [-0.15, -0.1) is 0 Å². The summed E-state index contributed by atoms with van der Waals surface area (Å²) in [5.74, 6) is 0.275. The largest absolute Gasteiger partial charge is 0.444 e. The molecule has 0 aromatic rings. The Morgan fingerprint density at radius 1 is 1.00 bits per heavy atom. The number of ether oxygens (including phenoxy) is 1. The number of rotatable bonds is 4. The van der Waals surface area contributed by atoms with Crippen molar-refractivity contribution in [3.8, 4) is 0 Å². The van der Waals surface area contributed by atoms with Crippen LogP contribution in [0.25, 0.3) is 0 Å². The lowest BCUT2D eigenvalue weighted by atomic mass is 9.99. The highest BCUT2D eigenvalue weighted by atomic mass is 16.6. The number of hydrogen-bond donors (Lipinski definition) is 2. The topological polar surface area (TPSA) is 67.4 Å². The fourth-order valence-corrected chi connectivity index (χ4v) is 2.35. The number of hydrogen-bond acceptors (Lipinski definition) is 3. The van der Waals surface area contributed by atoms with Crippen LogP contribution in [-0.4, -0.2) is 30.7 Å². The fourth-order valence-electron chi connectivity index (χ4n) is 2.35. The summed E-state index contributed by atoms with van der Waals surface area (Å²) in [5.41, 5.74) is -0.492. The summed E-state index contributed by atoms with van der Waals surface area (Å²) < 4.78 is 5.11. The van der Waals surface area contributed by atoms with Gasteiger partial charge in [-0.2, -0.15) is 0 Å². The van der Waals surface area contributed by atoms with Crippen LogP contribution in [0.5, 0.6) is 0 Å². The molecular formula is C15H28N2O3. The summed E-state index contributed by atoms with van der Waals surface area (Å²) in [6.45, 7) is 6.31. The van der Waals surface area contributed by atoms with Crippen molar-refractivity contribution in [2.24, 2.45) is 5.92 Å². The van der Waals surface area contributed by atoms with E-state index in [2.05, 4.69) is 10.6 Å². The molecule has 0 unspecified atom stereocenters. The van der Waals surface area contributed by atoms with E-state index in [1.165, 1.54) is 12.8 Å². The van der Waals surface area contributed by atoms with Crippen LogP contribution in [0.2, 0.25) is 0 Å². The lowest BCUT2D eigenvalue weighted by Gasteiger charge is -2.20. The zero-order chi connectivity index (χ0) is 15.0. The number of amides is 2. The molecule has 0 atom stereocenters. The third-order valence-electron chi connectivity index (χ3n) is 3.32. The van der Waals surface area contributed by atoms with Gasteiger partial charge in [-0.25, -0.2) is 4.79 Å². The summed E-state index contributed by atoms with van der Waals surface area (Å²) in [6, 6.07) is 0. The van der Waals surface area contributed by atoms with Gasteiger partial charge in [0.15, 0.2) is 0 Å². The Bertz CT molecular complexity index is 316. The lowest BCUT2D eigenvalue weighted by molar-refractivity contribution is -0.125. The van der Waals surface area contributed by atoms with Crippen LogP contribution in [0.15, 0.2) is 0 Å². The first-order valence-electron chi connectivity index (χ1n) is 7.63. The highest BCUT2D eigenvalue weighted by Gasteiger charge is 2.19. The standard InChI is InChI=1S/C15H28N2O3/c1-15(2,3)20-14(19)17-11-10-16-13(18)12-8-6-4-5-7-9-12/h12H,4-11H2,1-3H3,(H,16,18)(H,17,19). The second kappa shape index (κ2) is 8.12. The minimum absolute atomic E-state index is 0.123. The van der Waals surface area contributed by atoms with Crippen molar-refractivity contribution in [1.82, 2.24) is 10.6 Å². The quantitative estimate of drug-likeness (QED) is 0.616. The Kier molecular flexibility index (Phi) is 6.82. The van der Waals surface area contributed by atoms with Gasteiger partial charge in [0, 0.05) is 19.0 Å². The molecule has 1 saturated carbocycles. The van der Waals surface area contributed by atoms with Gasteiger partial charge in [-0.1, -0.05) is 25.7 Å². The summed E-state index contributed by atoms with van der Waals surface area (Å²) in [5, 5.41) is 5.52. The monoisotopic (exact) mass is 284 g/mol. The zero-order valence-electron chi connectivity index (χ0n) is 13.0. The highest BCUT2D eigenvalue weighted by Crippen LogP contribution is 2.22. The Labute approximate surface area is 121 Å². The van der Waals surface area contributed by atoms with Gasteiger partial charge in [0.05, 0.1) is 0 Å². The molecule has 20 heavy (non-hydrogen) atoms. The molecular weight excluding hydrogens is 256 g/mol. The Hall–Kier alpha value is -1.26. The van der Waals surface area contributed by atoms with Gasteiger partial charge >= 0.3 is 6.09 Å². The van der Waals surface area contributed by atoms with Crippen molar-refractivity contribution in [2.75, 3.05) is 13.1 Å². The Balaban J connectivity index is 2.14. The second-order valence-corrected chi connectivity index (χ2v) is 6.41. The second-order valence-electron chi connectivity index (χ2n) is 6.41. The van der Waals surface area contributed by atoms with Gasteiger partial charge in [-0.05, 0) is 33.6 Å². The van der Waals surface area contributed by atoms with Crippen LogP contribution in [0.3, 0.4) is 0 Å². The maximum absolute atomic E-state index is 12.0. The zero-order valence-corrected chi connectivity index (χ0v) is 13.0. The molecule has 0 spiro atoms. The SMILES string of the molecule is CC(C)(C)OC(=O)NCCNC(=O)C1CCCCCC1. The van der Waals surface area contributed by atoms with Crippen molar-refractivity contribution < 1.29 is 14.3 Å². The Morgan fingerprint density at radius 3 is 2.10 bits per heavy atom. The van der Waals surface area contributed by atoms with Crippen LogP contribution in [0.4, 0.5) is 4.79 Å². The average Bonchev–Trinajstić information content (AvgIpc) is 2.61. The van der Waals surface area contributed by atoms with E-state index in [1.807, 2.05) is 20.8 Å². The van der Waals surface area contributed by atoms with E-state index in [0.717, 1.165) is 25.7 Å². The first-order chi connectivity index (χ1) is 9.38. The molecule has 2 N–H and O–H groups in total. The number of carbonyl (C=O) groups excluding carboxylic acids is 2. The van der Waals surface area contributed by atoms with Gasteiger partial charge in [-0.3, -0.25) is 4.79 Å². The first-order valence-corrected chi connectivity index (χ1v) is 7.63. The van der Waals surface area contributed by atoms with E-state index in [4.69, 9.17) is 4.74 Å². The molecule has 1 aliphatic carbocycles. The van der Waals surface area contributed by atoms with E-state index < -0.39 is 11.7 Å². The normalized spacial score (nSPS) is 17.1. The van der Waals surface area contributed by atoms with Crippen molar-refractivity contribution in [2.45, 2.75) is 64.9 Å². The van der Waals surface area contributed by atoms with Gasteiger partial charge < -0.3 is 15.4 Å². The molecule has 0 saturated heterocycles. The first kappa shape index (κ1) is 16.8. The van der Waals surface area contributed by atoms with Crippen molar-refractivity contribution >= 4 is 12.0 Å². The molecule has 1 rings (SSSR count). The van der Waals surface area contributed by atoms with E-state index in [9.17, 15) is 9.59 Å². The molecule has 116 valence electrons. The predicted molar refractivity (Wildman–Crippen MR) is 78.4 cm³/mol. The molecule has 1 aliphatic rings. The van der Waals surface area contributed by atoms with E-state index in [0.29, 0.717) is 13.1 Å². The Morgan fingerprint density at radius 2 is 1.55 bits per heavy atom. The van der Waals surface area contributed by atoms with Crippen LogP contribution in [-0.2, 0) is 9.53 Å². The number of alkyl carbamates (subject to hydrolysis) is 1. The minimum atomic E-state index is -0.492. The third kappa shape index (κ3) is 7.36. The van der Waals surface area contributed by atoms with E-state index in [-0.39, 0.29) is 11.8 Å².